The van der Waals surface area contributed by atoms with Gasteiger partial charge in [-0.15, -0.1) is 0 Å². The van der Waals surface area contributed by atoms with Gasteiger partial charge in [0.05, 0.1) is 19.1 Å². The maximum absolute atomic E-state index is 13.0. The molecule has 0 unspecified atom stereocenters. The molecule has 0 amide bonds. The fourth-order valence-electron chi connectivity index (χ4n) is 1.73. The third-order valence-corrected chi connectivity index (χ3v) is 2.52. The number of nitrogens with zero attached hydrogens (tertiary/aromatic N) is 4. The molecule has 0 aliphatic rings. The third-order valence-electron chi connectivity index (χ3n) is 2.52. The fraction of sp³-hybridized carbons (Fsp3) is 0.0833. The highest BCUT2D eigenvalue weighted by Crippen LogP contribution is 2.11. The van der Waals surface area contributed by atoms with Crippen LogP contribution in [0.2, 0.25) is 0 Å². The highest BCUT2D eigenvalue weighted by molar-refractivity contribution is 5.69. The van der Waals surface area contributed by atoms with E-state index in [1.165, 1.54) is 6.20 Å². The molecule has 0 saturated heterocycles. The Kier molecular flexibility index (Phi) is 2.29. The van der Waals surface area contributed by atoms with Crippen molar-refractivity contribution < 1.29 is 4.39 Å². The molecule has 0 fully saturated rings. The highest BCUT2D eigenvalue weighted by atomic mass is 19.1. The Morgan fingerprint density at radius 2 is 1.94 bits per heavy atom. The maximum atomic E-state index is 13.0. The lowest BCUT2D eigenvalue weighted by molar-refractivity contribution is 0.541. The molecular formula is C12H9FN4. The summed E-state index contributed by atoms with van der Waals surface area (Å²) in [6.07, 6.45) is 2.30. The summed E-state index contributed by atoms with van der Waals surface area (Å²) in [6, 6.07) is 9.89. The number of hydrogen-bond acceptors (Lipinski definition) is 3. The van der Waals surface area contributed by atoms with Crippen LogP contribution < -0.4 is 0 Å². The maximum Gasteiger partial charge on any atom is 0.310 e. The molecule has 0 spiro atoms. The molecule has 17 heavy (non-hydrogen) atoms. The highest BCUT2D eigenvalue weighted by Gasteiger charge is 2.06. The predicted molar refractivity (Wildman–Crippen MR) is 60.8 cm³/mol. The molecule has 0 N–H and O–H groups in total. The summed E-state index contributed by atoms with van der Waals surface area (Å²) in [5.74, 6) is 0. The minimum absolute atomic E-state index is 0.515. The largest absolute Gasteiger partial charge is 0.311 e. The van der Waals surface area contributed by atoms with Gasteiger partial charge in [0.2, 0.25) is 0 Å². The lowest BCUT2D eigenvalue weighted by atomic mass is 10.2. The lowest BCUT2D eigenvalue weighted by Crippen LogP contribution is -2.00. The Balaban J connectivity index is 2.03. The Morgan fingerprint density at radius 1 is 1.12 bits per heavy atom. The molecule has 2 heterocycles. The second-order valence-corrected chi connectivity index (χ2v) is 3.71. The first-order chi connectivity index (χ1) is 8.33. The second-order valence-electron chi connectivity index (χ2n) is 3.71. The van der Waals surface area contributed by atoms with Gasteiger partial charge in [-0.25, -0.2) is 9.97 Å². The van der Waals surface area contributed by atoms with Gasteiger partial charge >= 0.3 is 6.08 Å². The molecule has 0 aliphatic carbocycles. The number of imidazole rings is 1. The standard InChI is InChI=1S/C12H9FN4/c13-12-14-6-10-11(16-12)17(8-15-10)7-9-4-2-1-3-5-9/h1-6,8H,7H2. The van der Waals surface area contributed by atoms with Crippen LogP contribution in [-0.2, 0) is 6.54 Å². The van der Waals surface area contributed by atoms with Gasteiger partial charge < -0.3 is 4.57 Å². The van der Waals surface area contributed by atoms with E-state index >= 15 is 0 Å². The first-order valence-corrected chi connectivity index (χ1v) is 5.20. The minimum atomic E-state index is -0.729. The second kappa shape index (κ2) is 3.93. The summed E-state index contributed by atoms with van der Waals surface area (Å²) in [5, 5.41) is 0. The lowest BCUT2D eigenvalue weighted by Gasteiger charge is -2.03. The summed E-state index contributed by atoms with van der Waals surface area (Å²) >= 11 is 0. The van der Waals surface area contributed by atoms with E-state index in [0.29, 0.717) is 17.7 Å². The topological polar surface area (TPSA) is 43.6 Å². The molecule has 3 aromatic rings. The van der Waals surface area contributed by atoms with Gasteiger partial charge in [-0.05, 0) is 5.56 Å². The van der Waals surface area contributed by atoms with Crippen LogP contribution in [0.5, 0.6) is 0 Å². The van der Waals surface area contributed by atoms with E-state index in [-0.39, 0.29) is 0 Å². The third kappa shape index (κ3) is 1.87. The normalized spacial score (nSPS) is 10.9. The molecule has 0 atom stereocenters. The predicted octanol–water partition coefficient (Wildman–Crippen LogP) is 2.01. The van der Waals surface area contributed by atoms with Gasteiger partial charge in [0.1, 0.15) is 5.52 Å². The zero-order chi connectivity index (χ0) is 11.7. The van der Waals surface area contributed by atoms with Crippen LogP contribution in [0.1, 0.15) is 5.56 Å². The van der Waals surface area contributed by atoms with Crippen molar-refractivity contribution in [3.05, 3.63) is 54.5 Å². The molecule has 0 bridgehead atoms. The van der Waals surface area contributed by atoms with Crippen LogP contribution in [0.25, 0.3) is 11.2 Å². The van der Waals surface area contributed by atoms with Crippen molar-refractivity contribution in [2.45, 2.75) is 6.54 Å². The smallest absolute Gasteiger partial charge is 0.310 e. The minimum Gasteiger partial charge on any atom is -0.311 e. The van der Waals surface area contributed by atoms with E-state index < -0.39 is 6.08 Å². The monoisotopic (exact) mass is 228 g/mol. The van der Waals surface area contributed by atoms with Crippen LogP contribution in [0.15, 0.2) is 42.9 Å². The molecule has 0 radical (unpaired) electrons. The molecule has 5 heteroatoms. The van der Waals surface area contributed by atoms with E-state index in [4.69, 9.17) is 0 Å². The molecule has 3 rings (SSSR count). The number of benzene rings is 1. The molecule has 2 aromatic heterocycles. The summed E-state index contributed by atoms with van der Waals surface area (Å²) in [5.41, 5.74) is 2.23. The molecule has 84 valence electrons. The summed E-state index contributed by atoms with van der Waals surface area (Å²) in [4.78, 5) is 11.4. The van der Waals surface area contributed by atoms with Crippen LogP contribution in [0, 0.1) is 6.08 Å². The van der Waals surface area contributed by atoms with E-state index in [9.17, 15) is 4.39 Å². The van der Waals surface area contributed by atoms with Gasteiger partial charge in [-0.3, -0.25) is 0 Å². The van der Waals surface area contributed by atoms with Crippen molar-refractivity contribution in [1.82, 2.24) is 19.5 Å². The molecule has 0 aliphatic heterocycles. The Labute approximate surface area is 96.8 Å². The van der Waals surface area contributed by atoms with E-state index in [2.05, 4.69) is 15.0 Å². The SMILES string of the molecule is Fc1ncc2ncn(Cc3ccccc3)c2n1. The summed E-state index contributed by atoms with van der Waals surface area (Å²) in [6.45, 7) is 0.619. The number of aromatic nitrogens is 4. The van der Waals surface area contributed by atoms with Gasteiger partial charge in [-0.1, -0.05) is 30.3 Å². The summed E-state index contributed by atoms with van der Waals surface area (Å²) < 4.78 is 14.8. The van der Waals surface area contributed by atoms with Gasteiger partial charge in [0.25, 0.3) is 0 Å². The number of fused-ring (bicyclic) bond motifs is 1. The van der Waals surface area contributed by atoms with Crippen molar-refractivity contribution in [1.29, 1.82) is 0 Å². The average molecular weight is 228 g/mol. The fourth-order valence-corrected chi connectivity index (χ4v) is 1.73. The first-order valence-electron chi connectivity index (χ1n) is 5.20. The number of hydrogen-bond donors (Lipinski definition) is 0. The number of rotatable bonds is 2. The van der Waals surface area contributed by atoms with Crippen LogP contribution >= 0.6 is 0 Å². The zero-order valence-corrected chi connectivity index (χ0v) is 8.92. The zero-order valence-electron chi connectivity index (χ0n) is 8.92. The van der Waals surface area contributed by atoms with Crippen molar-refractivity contribution in [2.75, 3.05) is 0 Å². The summed E-state index contributed by atoms with van der Waals surface area (Å²) in [7, 11) is 0. The Morgan fingerprint density at radius 3 is 2.76 bits per heavy atom. The average Bonchev–Trinajstić information content (AvgIpc) is 2.73. The van der Waals surface area contributed by atoms with Gasteiger partial charge in [0, 0.05) is 0 Å². The van der Waals surface area contributed by atoms with E-state index in [1.54, 1.807) is 10.9 Å². The van der Waals surface area contributed by atoms with E-state index in [1.807, 2.05) is 30.3 Å². The van der Waals surface area contributed by atoms with Crippen LogP contribution in [-0.4, -0.2) is 19.5 Å². The molecule has 4 nitrogen and oxygen atoms in total. The van der Waals surface area contributed by atoms with Gasteiger partial charge in [0.15, 0.2) is 5.65 Å². The van der Waals surface area contributed by atoms with Crippen LogP contribution in [0.3, 0.4) is 0 Å². The Bertz CT molecular complexity index is 648. The first kappa shape index (κ1) is 9.89. The quantitative estimate of drug-likeness (QED) is 0.630. The van der Waals surface area contributed by atoms with Crippen molar-refractivity contribution in [2.24, 2.45) is 0 Å². The molecular weight excluding hydrogens is 219 g/mol. The molecule has 0 saturated carbocycles. The van der Waals surface area contributed by atoms with Crippen molar-refractivity contribution >= 4 is 11.2 Å². The van der Waals surface area contributed by atoms with Crippen LogP contribution in [0.4, 0.5) is 4.39 Å². The van der Waals surface area contributed by atoms with E-state index in [0.717, 1.165) is 5.56 Å². The number of halogens is 1. The van der Waals surface area contributed by atoms with Crippen molar-refractivity contribution in [3.63, 3.8) is 0 Å². The van der Waals surface area contributed by atoms with Crippen molar-refractivity contribution in [3.8, 4) is 0 Å². The van der Waals surface area contributed by atoms with Gasteiger partial charge in [-0.2, -0.15) is 9.37 Å². The Hall–Kier alpha value is -2.30. The molecule has 1 aromatic carbocycles.